The van der Waals surface area contributed by atoms with Crippen LogP contribution < -0.4 is 9.47 Å². The first-order valence-corrected chi connectivity index (χ1v) is 8.08. The molecule has 25 heavy (non-hydrogen) atoms. The summed E-state index contributed by atoms with van der Waals surface area (Å²) in [5.74, 6) is 2.68. The number of aromatic nitrogens is 2. The number of rotatable bonds is 8. The first-order valence-electron chi connectivity index (χ1n) is 8.08. The number of hydrogen-bond acceptors (Lipinski definition) is 6. The predicted molar refractivity (Wildman–Crippen MR) is 94.6 cm³/mol. The van der Waals surface area contributed by atoms with Gasteiger partial charge in [-0.05, 0) is 31.3 Å². The van der Waals surface area contributed by atoms with E-state index in [1.54, 1.807) is 7.11 Å². The maximum atomic E-state index is 5.69. The molecule has 3 rings (SSSR count). The molecule has 0 saturated heterocycles. The van der Waals surface area contributed by atoms with Crippen molar-refractivity contribution in [3.8, 4) is 22.9 Å². The van der Waals surface area contributed by atoms with Gasteiger partial charge in [-0.3, -0.25) is 4.90 Å². The fourth-order valence-corrected chi connectivity index (χ4v) is 2.40. The summed E-state index contributed by atoms with van der Waals surface area (Å²) in [4.78, 5) is 6.53. The zero-order chi connectivity index (χ0) is 17.5. The van der Waals surface area contributed by atoms with Crippen LogP contribution in [0.25, 0.3) is 11.4 Å². The van der Waals surface area contributed by atoms with Gasteiger partial charge < -0.3 is 14.0 Å². The van der Waals surface area contributed by atoms with Crippen LogP contribution in [0.3, 0.4) is 0 Å². The Labute approximate surface area is 147 Å². The summed E-state index contributed by atoms with van der Waals surface area (Å²) in [6.45, 7) is 1.90. The van der Waals surface area contributed by atoms with Crippen molar-refractivity contribution in [1.29, 1.82) is 0 Å². The molecule has 0 amide bonds. The smallest absolute Gasteiger partial charge is 0.241 e. The van der Waals surface area contributed by atoms with Crippen molar-refractivity contribution in [3.63, 3.8) is 0 Å². The van der Waals surface area contributed by atoms with E-state index in [2.05, 4.69) is 15.0 Å². The number of methoxy groups -OCH3 is 1. The van der Waals surface area contributed by atoms with Gasteiger partial charge in [0, 0.05) is 6.54 Å². The predicted octanol–water partition coefficient (Wildman–Crippen LogP) is 3.26. The third kappa shape index (κ3) is 4.58. The third-order valence-corrected chi connectivity index (χ3v) is 3.71. The Bertz CT molecular complexity index is 789. The summed E-state index contributed by atoms with van der Waals surface area (Å²) in [5.41, 5.74) is 0.815. The molecule has 0 aliphatic carbocycles. The highest BCUT2D eigenvalue weighted by atomic mass is 16.5. The van der Waals surface area contributed by atoms with Crippen LogP contribution in [0.2, 0.25) is 0 Å². The van der Waals surface area contributed by atoms with Crippen LogP contribution in [0.15, 0.2) is 59.1 Å². The number of para-hydroxylation sites is 2. The van der Waals surface area contributed by atoms with E-state index in [1.807, 2.05) is 61.6 Å². The molecule has 0 bridgehead atoms. The normalized spacial score (nSPS) is 10.8. The molecule has 0 N–H and O–H groups in total. The number of likely N-dealkylation sites (N-methyl/N-ethyl adjacent to an activating group) is 1. The lowest BCUT2D eigenvalue weighted by molar-refractivity contribution is 0.213. The van der Waals surface area contributed by atoms with Gasteiger partial charge in [0.05, 0.1) is 19.2 Å². The largest absolute Gasteiger partial charge is 0.496 e. The zero-order valence-corrected chi connectivity index (χ0v) is 14.4. The second-order valence-electron chi connectivity index (χ2n) is 5.61. The molecule has 0 aliphatic rings. The molecule has 0 saturated carbocycles. The van der Waals surface area contributed by atoms with Crippen LogP contribution in [0.4, 0.5) is 0 Å². The minimum absolute atomic E-state index is 0.529. The average molecular weight is 339 g/mol. The van der Waals surface area contributed by atoms with Gasteiger partial charge in [-0.15, -0.1) is 0 Å². The molecule has 0 radical (unpaired) electrons. The molecular weight excluding hydrogens is 318 g/mol. The Hall–Kier alpha value is -2.86. The minimum atomic E-state index is 0.529. The van der Waals surface area contributed by atoms with Gasteiger partial charge in [-0.25, -0.2) is 0 Å². The number of hydrogen-bond donors (Lipinski definition) is 0. The van der Waals surface area contributed by atoms with Crippen LogP contribution in [-0.4, -0.2) is 42.3 Å². The maximum Gasteiger partial charge on any atom is 0.241 e. The average Bonchev–Trinajstić information content (AvgIpc) is 3.10. The Morgan fingerprint density at radius 1 is 1.04 bits per heavy atom. The fourth-order valence-electron chi connectivity index (χ4n) is 2.40. The van der Waals surface area contributed by atoms with E-state index >= 15 is 0 Å². The molecule has 1 heterocycles. The van der Waals surface area contributed by atoms with E-state index in [0.29, 0.717) is 24.9 Å². The summed E-state index contributed by atoms with van der Waals surface area (Å²) in [5, 5.41) is 4.05. The van der Waals surface area contributed by atoms with Crippen molar-refractivity contribution >= 4 is 0 Å². The van der Waals surface area contributed by atoms with E-state index in [9.17, 15) is 0 Å². The van der Waals surface area contributed by atoms with Gasteiger partial charge in [0.2, 0.25) is 11.7 Å². The lowest BCUT2D eigenvalue weighted by Crippen LogP contribution is -2.24. The van der Waals surface area contributed by atoms with Gasteiger partial charge in [0.15, 0.2) is 0 Å². The Morgan fingerprint density at radius 2 is 1.80 bits per heavy atom. The summed E-state index contributed by atoms with van der Waals surface area (Å²) in [6, 6.07) is 17.4. The van der Waals surface area contributed by atoms with Crippen molar-refractivity contribution < 1.29 is 14.0 Å². The van der Waals surface area contributed by atoms with Crippen molar-refractivity contribution in [1.82, 2.24) is 15.0 Å². The molecule has 0 aliphatic heterocycles. The van der Waals surface area contributed by atoms with E-state index in [4.69, 9.17) is 14.0 Å². The molecule has 0 atom stereocenters. The molecule has 3 aromatic rings. The van der Waals surface area contributed by atoms with Crippen molar-refractivity contribution in [2.24, 2.45) is 0 Å². The van der Waals surface area contributed by atoms with Crippen LogP contribution in [0.5, 0.6) is 11.5 Å². The van der Waals surface area contributed by atoms with Crippen molar-refractivity contribution in [2.45, 2.75) is 6.54 Å². The van der Waals surface area contributed by atoms with Gasteiger partial charge in [-0.1, -0.05) is 35.5 Å². The maximum absolute atomic E-state index is 5.69. The van der Waals surface area contributed by atoms with Crippen LogP contribution in [0, 0.1) is 0 Å². The Kier molecular flexibility index (Phi) is 5.64. The topological polar surface area (TPSA) is 60.6 Å². The molecule has 6 heteroatoms. The molecule has 1 aromatic heterocycles. The van der Waals surface area contributed by atoms with Crippen molar-refractivity contribution in [3.05, 3.63) is 60.5 Å². The SMILES string of the molecule is COc1ccccc1-c1noc(CN(C)CCOc2ccccc2)n1. The lowest BCUT2D eigenvalue weighted by Gasteiger charge is -2.14. The standard InChI is InChI=1S/C19H21N3O3/c1-22(12-13-24-15-8-4-3-5-9-15)14-18-20-19(21-25-18)16-10-6-7-11-17(16)23-2/h3-11H,12-14H2,1-2H3. The summed E-state index contributed by atoms with van der Waals surface area (Å²) in [6.07, 6.45) is 0. The highest BCUT2D eigenvalue weighted by Gasteiger charge is 2.14. The lowest BCUT2D eigenvalue weighted by atomic mass is 10.2. The minimum Gasteiger partial charge on any atom is -0.496 e. The molecule has 2 aromatic carbocycles. The highest BCUT2D eigenvalue weighted by Crippen LogP contribution is 2.27. The zero-order valence-electron chi connectivity index (χ0n) is 14.4. The van der Waals surface area contributed by atoms with E-state index in [-0.39, 0.29) is 0 Å². The van der Waals surface area contributed by atoms with E-state index in [0.717, 1.165) is 23.6 Å². The van der Waals surface area contributed by atoms with E-state index < -0.39 is 0 Å². The molecule has 0 spiro atoms. The van der Waals surface area contributed by atoms with Crippen LogP contribution in [-0.2, 0) is 6.54 Å². The quantitative estimate of drug-likeness (QED) is 0.628. The number of benzene rings is 2. The molecule has 6 nitrogen and oxygen atoms in total. The van der Waals surface area contributed by atoms with Gasteiger partial charge in [0.25, 0.3) is 0 Å². The van der Waals surface area contributed by atoms with Gasteiger partial charge >= 0.3 is 0 Å². The van der Waals surface area contributed by atoms with Gasteiger partial charge in [0.1, 0.15) is 18.1 Å². The van der Waals surface area contributed by atoms with Crippen LogP contribution in [0.1, 0.15) is 5.89 Å². The second-order valence-corrected chi connectivity index (χ2v) is 5.61. The first-order chi connectivity index (χ1) is 12.3. The Morgan fingerprint density at radius 3 is 2.60 bits per heavy atom. The third-order valence-electron chi connectivity index (χ3n) is 3.71. The molecule has 0 unspecified atom stereocenters. The number of nitrogens with zero attached hydrogens (tertiary/aromatic N) is 3. The molecule has 0 fully saturated rings. The molecule has 130 valence electrons. The van der Waals surface area contributed by atoms with Crippen molar-refractivity contribution in [2.75, 3.05) is 27.3 Å². The summed E-state index contributed by atoms with van der Waals surface area (Å²) < 4.78 is 16.4. The summed E-state index contributed by atoms with van der Waals surface area (Å²) in [7, 11) is 3.61. The fraction of sp³-hybridized carbons (Fsp3) is 0.263. The Balaban J connectivity index is 1.54. The van der Waals surface area contributed by atoms with Gasteiger partial charge in [-0.2, -0.15) is 4.98 Å². The first kappa shape index (κ1) is 17.0. The van der Waals surface area contributed by atoms with Crippen LogP contribution >= 0.6 is 0 Å². The number of ether oxygens (including phenoxy) is 2. The molecular formula is C19H21N3O3. The second kappa shape index (κ2) is 8.30. The highest BCUT2D eigenvalue weighted by molar-refractivity contribution is 5.63. The van der Waals surface area contributed by atoms with E-state index in [1.165, 1.54) is 0 Å². The summed E-state index contributed by atoms with van der Waals surface area (Å²) >= 11 is 0. The monoisotopic (exact) mass is 339 g/mol.